The highest BCUT2D eigenvalue weighted by Crippen LogP contribution is 2.41. The summed E-state index contributed by atoms with van der Waals surface area (Å²) in [5.74, 6) is 0.669. The minimum atomic E-state index is -0.0360. The summed E-state index contributed by atoms with van der Waals surface area (Å²) in [5, 5.41) is 2.93. The van der Waals surface area contributed by atoms with Crippen LogP contribution in [0.1, 0.15) is 13.8 Å². The monoisotopic (exact) mass is 282 g/mol. The molecule has 0 spiro atoms. The molecular weight excluding hydrogens is 264 g/mol. The fourth-order valence-electron chi connectivity index (χ4n) is 2.47. The highest BCUT2D eigenvalue weighted by atomic mass is 16.5. The Morgan fingerprint density at radius 3 is 2.57 bits per heavy atom. The van der Waals surface area contributed by atoms with E-state index in [9.17, 15) is 4.79 Å². The predicted octanol–water partition coefficient (Wildman–Crippen LogP) is 3.56. The van der Waals surface area contributed by atoms with Gasteiger partial charge in [0.2, 0.25) is 5.91 Å². The van der Waals surface area contributed by atoms with Crippen LogP contribution in [-0.2, 0) is 4.79 Å². The van der Waals surface area contributed by atoms with E-state index in [1.807, 2.05) is 67.3 Å². The maximum atomic E-state index is 12.0. The van der Waals surface area contributed by atoms with E-state index in [1.54, 1.807) is 0 Å². The molecular formula is C17H18N2O2. The molecule has 0 saturated heterocycles. The fourth-order valence-corrected chi connectivity index (χ4v) is 2.47. The van der Waals surface area contributed by atoms with Gasteiger partial charge in [0.15, 0.2) is 0 Å². The zero-order valence-corrected chi connectivity index (χ0v) is 12.2. The molecule has 1 N–H and O–H groups in total. The summed E-state index contributed by atoms with van der Waals surface area (Å²) in [6.45, 7) is 4.25. The molecule has 0 bridgehead atoms. The smallest absolute Gasteiger partial charge is 0.244 e. The summed E-state index contributed by atoms with van der Waals surface area (Å²) in [5.41, 5.74) is 2.69. The van der Waals surface area contributed by atoms with Crippen LogP contribution in [0.25, 0.3) is 0 Å². The van der Waals surface area contributed by atoms with Crippen molar-refractivity contribution in [1.82, 2.24) is 0 Å². The van der Waals surface area contributed by atoms with Crippen molar-refractivity contribution in [3.05, 3.63) is 48.5 Å². The van der Waals surface area contributed by atoms with Crippen molar-refractivity contribution in [3.63, 3.8) is 0 Å². The molecule has 1 heterocycles. The number of hydrogen-bond donors (Lipinski definition) is 1. The molecule has 1 amide bonds. The number of rotatable bonds is 3. The van der Waals surface area contributed by atoms with Gasteiger partial charge in [-0.3, -0.25) is 4.79 Å². The molecule has 2 aromatic carbocycles. The van der Waals surface area contributed by atoms with Crippen molar-refractivity contribution in [2.45, 2.75) is 20.0 Å². The van der Waals surface area contributed by atoms with Crippen LogP contribution in [0.3, 0.4) is 0 Å². The number of nitrogens with zero attached hydrogens (tertiary/aromatic N) is 1. The Morgan fingerprint density at radius 2 is 1.86 bits per heavy atom. The number of hydrogen-bond acceptors (Lipinski definition) is 3. The SMILES string of the molecule is CC(C)Oc1cccc2c1NC(=O)CN2c1ccccc1. The lowest BCUT2D eigenvalue weighted by atomic mass is 10.1. The van der Waals surface area contributed by atoms with Crippen LogP contribution in [0.4, 0.5) is 17.1 Å². The van der Waals surface area contributed by atoms with E-state index in [0.717, 1.165) is 17.1 Å². The molecule has 0 fully saturated rings. The third kappa shape index (κ3) is 2.70. The number of anilines is 3. The highest BCUT2D eigenvalue weighted by molar-refractivity contribution is 6.04. The largest absolute Gasteiger partial charge is 0.489 e. The quantitative estimate of drug-likeness (QED) is 0.935. The first-order valence-electron chi connectivity index (χ1n) is 7.07. The topological polar surface area (TPSA) is 41.6 Å². The first kappa shape index (κ1) is 13.5. The number of nitrogens with one attached hydrogen (secondary N) is 1. The first-order chi connectivity index (χ1) is 10.1. The third-order valence-corrected chi connectivity index (χ3v) is 3.29. The molecule has 4 nitrogen and oxygen atoms in total. The molecule has 0 radical (unpaired) electrons. The average Bonchev–Trinajstić information content (AvgIpc) is 2.47. The average molecular weight is 282 g/mol. The molecule has 0 aliphatic carbocycles. The number of amides is 1. The second kappa shape index (κ2) is 5.48. The van der Waals surface area contributed by atoms with Gasteiger partial charge in [-0.25, -0.2) is 0 Å². The summed E-state index contributed by atoms with van der Waals surface area (Å²) >= 11 is 0. The normalized spacial score (nSPS) is 13.9. The van der Waals surface area contributed by atoms with E-state index in [2.05, 4.69) is 5.32 Å². The van der Waals surface area contributed by atoms with E-state index in [0.29, 0.717) is 12.3 Å². The molecule has 108 valence electrons. The van der Waals surface area contributed by atoms with E-state index in [4.69, 9.17) is 4.74 Å². The summed E-state index contributed by atoms with van der Waals surface area (Å²) in [4.78, 5) is 14.0. The number of fused-ring (bicyclic) bond motifs is 1. The van der Waals surface area contributed by atoms with Crippen LogP contribution in [0.15, 0.2) is 48.5 Å². The Bertz CT molecular complexity index is 653. The van der Waals surface area contributed by atoms with Gasteiger partial charge in [0.05, 0.1) is 11.8 Å². The molecule has 0 saturated carbocycles. The molecule has 0 unspecified atom stereocenters. The number of benzene rings is 2. The minimum absolute atomic E-state index is 0.0360. The third-order valence-electron chi connectivity index (χ3n) is 3.29. The second-order valence-corrected chi connectivity index (χ2v) is 5.29. The number of ether oxygens (including phenoxy) is 1. The molecule has 21 heavy (non-hydrogen) atoms. The van der Waals surface area contributed by atoms with Crippen molar-refractivity contribution < 1.29 is 9.53 Å². The van der Waals surface area contributed by atoms with Gasteiger partial charge in [-0.05, 0) is 38.1 Å². The van der Waals surface area contributed by atoms with Crippen molar-refractivity contribution in [2.24, 2.45) is 0 Å². The molecule has 4 heteroatoms. The number of carbonyl (C=O) groups is 1. The standard InChI is InChI=1S/C17H18N2O2/c1-12(2)21-15-10-6-9-14-17(15)18-16(20)11-19(14)13-7-4-3-5-8-13/h3-10,12H,11H2,1-2H3,(H,18,20). The number of para-hydroxylation sites is 2. The van der Waals surface area contributed by atoms with Gasteiger partial charge < -0.3 is 15.0 Å². The van der Waals surface area contributed by atoms with Crippen LogP contribution in [0, 0.1) is 0 Å². The van der Waals surface area contributed by atoms with E-state index < -0.39 is 0 Å². The zero-order chi connectivity index (χ0) is 14.8. The Labute approximate surface area is 124 Å². The van der Waals surface area contributed by atoms with Crippen LogP contribution in [-0.4, -0.2) is 18.6 Å². The van der Waals surface area contributed by atoms with Crippen molar-refractivity contribution >= 4 is 23.0 Å². The Morgan fingerprint density at radius 1 is 1.10 bits per heavy atom. The summed E-state index contributed by atoms with van der Waals surface area (Å²) in [7, 11) is 0. The second-order valence-electron chi connectivity index (χ2n) is 5.29. The van der Waals surface area contributed by atoms with Crippen molar-refractivity contribution in [1.29, 1.82) is 0 Å². The summed E-state index contributed by atoms with van der Waals surface area (Å²) < 4.78 is 5.80. The zero-order valence-electron chi connectivity index (χ0n) is 12.2. The van der Waals surface area contributed by atoms with Crippen LogP contribution < -0.4 is 15.0 Å². The lowest BCUT2D eigenvalue weighted by Crippen LogP contribution is -2.35. The fraction of sp³-hybridized carbons (Fsp3) is 0.235. The maximum Gasteiger partial charge on any atom is 0.244 e. The highest BCUT2D eigenvalue weighted by Gasteiger charge is 2.25. The lowest BCUT2D eigenvalue weighted by Gasteiger charge is -2.32. The van der Waals surface area contributed by atoms with Gasteiger partial charge in [-0.1, -0.05) is 24.3 Å². The van der Waals surface area contributed by atoms with E-state index in [1.165, 1.54) is 0 Å². The Hall–Kier alpha value is -2.49. The molecule has 0 atom stereocenters. The van der Waals surface area contributed by atoms with Gasteiger partial charge in [0.25, 0.3) is 0 Å². The van der Waals surface area contributed by atoms with Gasteiger partial charge >= 0.3 is 0 Å². The summed E-state index contributed by atoms with van der Waals surface area (Å²) in [6.07, 6.45) is 0.0560. The van der Waals surface area contributed by atoms with E-state index in [-0.39, 0.29) is 12.0 Å². The minimum Gasteiger partial charge on any atom is -0.489 e. The van der Waals surface area contributed by atoms with Crippen LogP contribution >= 0.6 is 0 Å². The molecule has 3 rings (SSSR count). The predicted molar refractivity (Wildman–Crippen MR) is 84.3 cm³/mol. The van der Waals surface area contributed by atoms with Gasteiger partial charge in [0, 0.05) is 5.69 Å². The van der Waals surface area contributed by atoms with Gasteiger partial charge in [-0.2, -0.15) is 0 Å². The molecule has 1 aliphatic rings. The molecule has 0 aromatic heterocycles. The van der Waals surface area contributed by atoms with Crippen LogP contribution in [0.5, 0.6) is 5.75 Å². The maximum absolute atomic E-state index is 12.0. The van der Waals surface area contributed by atoms with E-state index >= 15 is 0 Å². The lowest BCUT2D eigenvalue weighted by molar-refractivity contribution is -0.115. The summed E-state index contributed by atoms with van der Waals surface area (Å²) in [6, 6.07) is 15.7. The van der Waals surface area contributed by atoms with Crippen molar-refractivity contribution in [3.8, 4) is 5.75 Å². The van der Waals surface area contributed by atoms with Gasteiger partial charge in [0.1, 0.15) is 18.0 Å². The first-order valence-corrected chi connectivity index (χ1v) is 7.07. The van der Waals surface area contributed by atoms with Crippen molar-refractivity contribution in [2.75, 3.05) is 16.8 Å². The molecule has 2 aromatic rings. The van der Waals surface area contributed by atoms with Crippen LogP contribution in [0.2, 0.25) is 0 Å². The Balaban J connectivity index is 2.07. The Kier molecular flexibility index (Phi) is 3.52. The number of carbonyl (C=O) groups excluding carboxylic acids is 1. The molecule has 1 aliphatic heterocycles. The van der Waals surface area contributed by atoms with Gasteiger partial charge in [-0.15, -0.1) is 0 Å².